The van der Waals surface area contributed by atoms with Crippen LogP contribution in [0.2, 0.25) is 5.15 Å². The summed E-state index contributed by atoms with van der Waals surface area (Å²) in [5.41, 5.74) is 0.817. The molecule has 0 radical (unpaired) electrons. The molecule has 2 aromatic heterocycles. The third-order valence-corrected chi connectivity index (χ3v) is 5.62. The lowest BCUT2D eigenvalue weighted by Gasteiger charge is -2.19. The van der Waals surface area contributed by atoms with Crippen LogP contribution in [0.5, 0.6) is 0 Å². The van der Waals surface area contributed by atoms with Crippen LogP contribution >= 0.6 is 11.6 Å². The molecule has 0 unspecified atom stereocenters. The fourth-order valence-corrected chi connectivity index (χ4v) is 4.19. The Labute approximate surface area is 133 Å². The summed E-state index contributed by atoms with van der Waals surface area (Å²) in [6, 6.07) is 1.42. The van der Waals surface area contributed by atoms with Crippen molar-refractivity contribution in [2.24, 2.45) is 14.1 Å². The molecule has 2 aromatic rings. The highest BCUT2D eigenvalue weighted by Gasteiger charge is 2.36. The molecule has 0 bridgehead atoms. The number of nitrogens with one attached hydrogen (secondary N) is 1. The Balaban J connectivity index is 1.86. The van der Waals surface area contributed by atoms with Gasteiger partial charge in [0.15, 0.2) is 0 Å². The van der Waals surface area contributed by atoms with Gasteiger partial charge in [-0.15, -0.1) is 0 Å². The predicted molar refractivity (Wildman–Crippen MR) is 78.8 cm³/mol. The molecule has 10 heteroatoms. The van der Waals surface area contributed by atoms with Crippen molar-refractivity contribution in [2.75, 3.05) is 6.61 Å². The second kappa shape index (κ2) is 5.65. The highest BCUT2D eigenvalue weighted by molar-refractivity contribution is 7.89. The first-order valence-electron chi connectivity index (χ1n) is 6.69. The summed E-state index contributed by atoms with van der Waals surface area (Å²) < 4.78 is 36.4. The van der Waals surface area contributed by atoms with Gasteiger partial charge in [-0.05, 0) is 12.5 Å². The van der Waals surface area contributed by atoms with Crippen molar-refractivity contribution < 1.29 is 13.2 Å². The van der Waals surface area contributed by atoms with E-state index in [0.717, 1.165) is 5.69 Å². The summed E-state index contributed by atoms with van der Waals surface area (Å²) in [4.78, 5) is 3.86. The van der Waals surface area contributed by atoms with Crippen molar-refractivity contribution in [1.82, 2.24) is 24.1 Å². The van der Waals surface area contributed by atoms with Gasteiger partial charge in [-0.2, -0.15) is 5.10 Å². The van der Waals surface area contributed by atoms with Gasteiger partial charge in [-0.1, -0.05) is 11.6 Å². The fourth-order valence-electron chi connectivity index (χ4n) is 2.49. The van der Waals surface area contributed by atoms with E-state index < -0.39 is 16.1 Å². The van der Waals surface area contributed by atoms with E-state index in [2.05, 4.69) is 14.8 Å². The smallest absolute Gasteiger partial charge is 0.261 e. The zero-order chi connectivity index (χ0) is 15.9. The number of rotatable bonds is 4. The second-order valence-electron chi connectivity index (χ2n) is 5.14. The van der Waals surface area contributed by atoms with Crippen molar-refractivity contribution in [3.63, 3.8) is 0 Å². The number of ether oxygens (including phenoxy) is 1. The molecule has 0 amide bonds. The van der Waals surface area contributed by atoms with Crippen molar-refractivity contribution in [3.8, 4) is 0 Å². The molecule has 0 aromatic carbocycles. The highest BCUT2D eigenvalue weighted by atomic mass is 35.5. The van der Waals surface area contributed by atoms with Crippen molar-refractivity contribution in [1.29, 1.82) is 0 Å². The molecule has 1 fully saturated rings. The van der Waals surface area contributed by atoms with E-state index in [1.165, 1.54) is 10.9 Å². The van der Waals surface area contributed by atoms with E-state index in [4.69, 9.17) is 16.3 Å². The summed E-state index contributed by atoms with van der Waals surface area (Å²) in [7, 11) is -0.394. The van der Waals surface area contributed by atoms with Crippen LogP contribution in [0, 0.1) is 0 Å². The molecular weight excluding hydrogens is 330 g/mol. The molecule has 1 aliphatic rings. The van der Waals surface area contributed by atoms with Crippen LogP contribution in [0.1, 0.15) is 18.2 Å². The predicted octanol–water partition coefficient (Wildman–Crippen LogP) is 0.615. The Morgan fingerprint density at radius 1 is 1.45 bits per heavy atom. The van der Waals surface area contributed by atoms with E-state index in [-0.39, 0.29) is 16.3 Å². The molecule has 120 valence electrons. The molecule has 3 heterocycles. The minimum absolute atomic E-state index is 0.0727. The number of hydrogen-bond acceptors (Lipinski definition) is 5. The van der Waals surface area contributed by atoms with Crippen LogP contribution in [0.15, 0.2) is 23.6 Å². The Kier molecular flexibility index (Phi) is 3.98. The van der Waals surface area contributed by atoms with Crippen molar-refractivity contribution in [2.45, 2.75) is 23.6 Å². The van der Waals surface area contributed by atoms with Gasteiger partial charge in [-0.25, -0.2) is 18.1 Å². The monoisotopic (exact) mass is 345 g/mol. The van der Waals surface area contributed by atoms with Gasteiger partial charge < -0.3 is 9.30 Å². The molecular formula is C12H16ClN5O3S. The molecule has 8 nitrogen and oxygen atoms in total. The standard InChI is InChI=1S/C12H16ClN5O3S/c1-17-7-14-12(11(17)13)22(19,20)16-8-4-6-21-10(8)9-3-5-15-18(9)2/h3,5,7-8,10,16H,4,6H2,1-2H3/t8-,10-/m0/s1. The maximum atomic E-state index is 12.5. The summed E-state index contributed by atoms with van der Waals surface area (Å²) in [6.45, 7) is 0.471. The van der Waals surface area contributed by atoms with Crippen LogP contribution in [0.3, 0.4) is 0 Å². The summed E-state index contributed by atoms with van der Waals surface area (Å²) in [5.74, 6) is 0. The van der Waals surface area contributed by atoms with E-state index in [1.807, 2.05) is 6.07 Å². The van der Waals surface area contributed by atoms with Crippen LogP contribution in [0.4, 0.5) is 0 Å². The Morgan fingerprint density at radius 2 is 2.23 bits per heavy atom. The first kappa shape index (κ1) is 15.5. The molecule has 0 saturated carbocycles. The maximum absolute atomic E-state index is 12.5. The molecule has 3 rings (SSSR count). The van der Waals surface area contributed by atoms with E-state index in [1.54, 1.807) is 25.0 Å². The Hall–Kier alpha value is -1.42. The number of aryl methyl sites for hydroxylation is 2. The minimum Gasteiger partial charge on any atom is -0.370 e. The zero-order valence-corrected chi connectivity index (χ0v) is 13.7. The number of sulfonamides is 1. The molecule has 0 spiro atoms. The molecule has 1 aliphatic heterocycles. The largest absolute Gasteiger partial charge is 0.370 e. The van der Waals surface area contributed by atoms with Crippen LogP contribution in [-0.2, 0) is 28.9 Å². The molecule has 1 N–H and O–H groups in total. The molecule has 2 atom stereocenters. The number of nitrogens with zero attached hydrogens (tertiary/aromatic N) is 4. The minimum atomic E-state index is -3.81. The van der Waals surface area contributed by atoms with Gasteiger partial charge in [0.25, 0.3) is 10.0 Å². The van der Waals surface area contributed by atoms with E-state index >= 15 is 0 Å². The van der Waals surface area contributed by atoms with E-state index in [9.17, 15) is 8.42 Å². The van der Waals surface area contributed by atoms with Gasteiger partial charge in [0.1, 0.15) is 11.3 Å². The number of hydrogen-bond donors (Lipinski definition) is 1. The third kappa shape index (κ3) is 2.65. The zero-order valence-electron chi connectivity index (χ0n) is 12.1. The number of halogens is 1. The average Bonchev–Trinajstić information content (AvgIpc) is 3.13. The van der Waals surface area contributed by atoms with Crippen LogP contribution in [0.25, 0.3) is 0 Å². The first-order valence-corrected chi connectivity index (χ1v) is 8.55. The van der Waals surface area contributed by atoms with Crippen LogP contribution < -0.4 is 4.72 Å². The highest BCUT2D eigenvalue weighted by Crippen LogP contribution is 2.30. The van der Waals surface area contributed by atoms with Crippen molar-refractivity contribution >= 4 is 21.6 Å². The third-order valence-electron chi connectivity index (χ3n) is 3.64. The maximum Gasteiger partial charge on any atom is 0.261 e. The lowest BCUT2D eigenvalue weighted by atomic mass is 10.1. The fraction of sp³-hybridized carbons (Fsp3) is 0.500. The number of aromatic nitrogens is 4. The quantitative estimate of drug-likeness (QED) is 0.877. The summed E-state index contributed by atoms with van der Waals surface area (Å²) >= 11 is 5.98. The summed E-state index contributed by atoms with van der Waals surface area (Å²) in [5, 5.41) is 3.99. The van der Waals surface area contributed by atoms with Gasteiger partial charge in [0.05, 0.1) is 18.1 Å². The van der Waals surface area contributed by atoms with Gasteiger partial charge in [-0.3, -0.25) is 4.68 Å². The van der Waals surface area contributed by atoms with Gasteiger partial charge >= 0.3 is 0 Å². The average molecular weight is 346 g/mol. The second-order valence-corrected chi connectivity index (χ2v) is 7.13. The SMILES string of the molecule is Cn1cnc(S(=O)(=O)N[C@H]2CCO[C@@H]2c2ccnn2C)c1Cl. The topological polar surface area (TPSA) is 91.0 Å². The van der Waals surface area contributed by atoms with E-state index in [0.29, 0.717) is 13.0 Å². The number of imidazole rings is 1. The lowest BCUT2D eigenvalue weighted by molar-refractivity contribution is 0.0959. The van der Waals surface area contributed by atoms with Gasteiger partial charge in [0, 0.05) is 26.9 Å². The normalized spacial score (nSPS) is 22.3. The molecule has 1 saturated heterocycles. The molecule has 22 heavy (non-hydrogen) atoms. The van der Waals surface area contributed by atoms with Crippen molar-refractivity contribution in [3.05, 3.63) is 29.4 Å². The van der Waals surface area contributed by atoms with Crippen LogP contribution in [-0.4, -0.2) is 40.4 Å². The lowest BCUT2D eigenvalue weighted by Crippen LogP contribution is -2.37. The van der Waals surface area contributed by atoms with Gasteiger partial charge in [0.2, 0.25) is 5.03 Å². The Bertz CT molecular complexity index is 785. The Morgan fingerprint density at radius 3 is 2.82 bits per heavy atom. The summed E-state index contributed by atoms with van der Waals surface area (Å²) in [6.07, 6.45) is 3.20. The molecule has 0 aliphatic carbocycles. The first-order chi connectivity index (χ1) is 10.4.